The largest absolute Gasteiger partial charge is 0.348 e. The zero-order valence-corrected chi connectivity index (χ0v) is 11.7. The highest BCUT2D eigenvalue weighted by molar-refractivity contribution is 9.10. The fraction of sp³-hybridized carbons (Fsp3) is 0.583. The first-order valence-corrected chi connectivity index (χ1v) is 6.54. The molecular formula is C12H19BrN2O. The van der Waals surface area contributed by atoms with Gasteiger partial charge in [-0.2, -0.15) is 0 Å². The van der Waals surface area contributed by atoms with Crippen molar-refractivity contribution < 1.29 is 4.79 Å². The Kier molecular flexibility index (Phi) is 5.06. The molecular weight excluding hydrogens is 268 g/mol. The summed E-state index contributed by atoms with van der Waals surface area (Å²) in [6.07, 6.45) is 3.92. The Hall–Kier alpha value is -0.770. The first-order valence-electron chi connectivity index (χ1n) is 5.75. The standard InChI is InChI=1S/C12H19BrN2O/c1-4-6-15-8-10(13)7-11(15)12(16)14-9(3)5-2/h7-9H,4-6H2,1-3H3,(H,14,16). The normalized spacial score (nSPS) is 12.5. The van der Waals surface area contributed by atoms with Crippen LogP contribution in [-0.2, 0) is 6.54 Å². The number of carbonyl (C=O) groups is 1. The molecule has 0 saturated heterocycles. The average Bonchev–Trinajstić information content (AvgIpc) is 2.60. The van der Waals surface area contributed by atoms with Gasteiger partial charge in [-0.25, -0.2) is 0 Å². The maximum atomic E-state index is 12.0. The molecule has 0 aliphatic rings. The lowest BCUT2D eigenvalue weighted by Gasteiger charge is -2.12. The van der Waals surface area contributed by atoms with Gasteiger partial charge in [0.25, 0.3) is 5.91 Å². The number of amides is 1. The second kappa shape index (κ2) is 6.09. The van der Waals surface area contributed by atoms with E-state index in [0.717, 1.165) is 29.6 Å². The van der Waals surface area contributed by atoms with E-state index in [2.05, 4.69) is 35.1 Å². The van der Waals surface area contributed by atoms with Gasteiger partial charge >= 0.3 is 0 Å². The fourth-order valence-corrected chi connectivity index (χ4v) is 1.95. The Bertz CT molecular complexity index is 360. The van der Waals surface area contributed by atoms with E-state index in [1.807, 2.05) is 23.8 Å². The molecule has 1 heterocycles. The number of aryl methyl sites for hydroxylation is 1. The van der Waals surface area contributed by atoms with Crippen molar-refractivity contribution in [3.63, 3.8) is 0 Å². The zero-order valence-electron chi connectivity index (χ0n) is 10.1. The summed E-state index contributed by atoms with van der Waals surface area (Å²) in [5, 5.41) is 2.98. The van der Waals surface area contributed by atoms with Gasteiger partial charge in [0, 0.05) is 23.3 Å². The zero-order chi connectivity index (χ0) is 12.1. The van der Waals surface area contributed by atoms with E-state index in [4.69, 9.17) is 0 Å². The Morgan fingerprint density at radius 3 is 2.81 bits per heavy atom. The Morgan fingerprint density at radius 1 is 1.56 bits per heavy atom. The summed E-state index contributed by atoms with van der Waals surface area (Å²) in [6.45, 7) is 7.05. The SMILES string of the molecule is CCCn1cc(Br)cc1C(=O)NC(C)CC. The molecule has 90 valence electrons. The summed E-state index contributed by atoms with van der Waals surface area (Å²) in [7, 11) is 0. The highest BCUT2D eigenvalue weighted by Gasteiger charge is 2.13. The lowest BCUT2D eigenvalue weighted by molar-refractivity contribution is 0.0930. The van der Waals surface area contributed by atoms with Crippen molar-refractivity contribution in [2.24, 2.45) is 0 Å². The molecule has 4 heteroatoms. The average molecular weight is 287 g/mol. The fourth-order valence-electron chi connectivity index (χ4n) is 1.49. The van der Waals surface area contributed by atoms with Crippen molar-refractivity contribution in [3.05, 3.63) is 22.4 Å². The summed E-state index contributed by atoms with van der Waals surface area (Å²) in [5.41, 5.74) is 0.731. The van der Waals surface area contributed by atoms with E-state index >= 15 is 0 Å². The molecule has 0 spiro atoms. The number of nitrogens with one attached hydrogen (secondary N) is 1. The van der Waals surface area contributed by atoms with Crippen LogP contribution in [0.25, 0.3) is 0 Å². The number of hydrogen-bond donors (Lipinski definition) is 1. The van der Waals surface area contributed by atoms with Gasteiger partial charge in [0.15, 0.2) is 0 Å². The van der Waals surface area contributed by atoms with Crippen LogP contribution in [0.4, 0.5) is 0 Å². The van der Waals surface area contributed by atoms with Gasteiger partial charge in [-0.1, -0.05) is 13.8 Å². The van der Waals surface area contributed by atoms with E-state index in [1.165, 1.54) is 0 Å². The third kappa shape index (κ3) is 3.37. The number of carbonyl (C=O) groups excluding carboxylic acids is 1. The van der Waals surface area contributed by atoms with E-state index < -0.39 is 0 Å². The van der Waals surface area contributed by atoms with Crippen LogP contribution in [-0.4, -0.2) is 16.5 Å². The van der Waals surface area contributed by atoms with Crippen molar-refractivity contribution in [1.29, 1.82) is 0 Å². The predicted molar refractivity (Wildman–Crippen MR) is 69.6 cm³/mol. The third-order valence-corrected chi connectivity index (χ3v) is 2.98. The number of aromatic nitrogens is 1. The van der Waals surface area contributed by atoms with Gasteiger partial charge in [-0.05, 0) is 41.8 Å². The highest BCUT2D eigenvalue weighted by atomic mass is 79.9. The molecule has 1 aromatic heterocycles. The van der Waals surface area contributed by atoms with Crippen LogP contribution in [0.3, 0.4) is 0 Å². The lowest BCUT2D eigenvalue weighted by Crippen LogP contribution is -2.33. The Labute approximate surface area is 105 Å². The van der Waals surface area contributed by atoms with Gasteiger partial charge in [0.05, 0.1) is 0 Å². The maximum absolute atomic E-state index is 12.0. The third-order valence-electron chi connectivity index (χ3n) is 2.55. The topological polar surface area (TPSA) is 34.0 Å². The molecule has 0 fully saturated rings. The summed E-state index contributed by atoms with van der Waals surface area (Å²) in [4.78, 5) is 12.0. The van der Waals surface area contributed by atoms with E-state index in [1.54, 1.807) is 0 Å². The predicted octanol–water partition coefficient (Wildman–Crippen LogP) is 3.19. The molecule has 16 heavy (non-hydrogen) atoms. The van der Waals surface area contributed by atoms with Crippen molar-refractivity contribution in [1.82, 2.24) is 9.88 Å². The van der Waals surface area contributed by atoms with Crippen LogP contribution in [0.1, 0.15) is 44.1 Å². The van der Waals surface area contributed by atoms with Crippen LogP contribution in [0.2, 0.25) is 0 Å². The second-order valence-electron chi connectivity index (χ2n) is 4.02. The molecule has 1 unspecified atom stereocenters. The first kappa shape index (κ1) is 13.3. The summed E-state index contributed by atoms with van der Waals surface area (Å²) < 4.78 is 2.94. The summed E-state index contributed by atoms with van der Waals surface area (Å²) in [5.74, 6) is 0.00787. The van der Waals surface area contributed by atoms with Crippen LogP contribution in [0.5, 0.6) is 0 Å². The second-order valence-corrected chi connectivity index (χ2v) is 4.94. The summed E-state index contributed by atoms with van der Waals surface area (Å²) in [6, 6.07) is 2.09. The van der Waals surface area contributed by atoms with E-state index in [0.29, 0.717) is 0 Å². The van der Waals surface area contributed by atoms with E-state index in [-0.39, 0.29) is 11.9 Å². The first-order chi connectivity index (χ1) is 7.58. The number of rotatable bonds is 5. The molecule has 0 saturated carbocycles. The minimum Gasteiger partial charge on any atom is -0.348 e. The molecule has 0 bridgehead atoms. The smallest absolute Gasteiger partial charge is 0.268 e. The van der Waals surface area contributed by atoms with Crippen LogP contribution in [0.15, 0.2) is 16.7 Å². The minimum atomic E-state index is 0.00787. The van der Waals surface area contributed by atoms with Gasteiger partial charge in [-0.15, -0.1) is 0 Å². The number of halogens is 1. The molecule has 1 atom stereocenters. The summed E-state index contributed by atoms with van der Waals surface area (Å²) >= 11 is 3.40. The quantitative estimate of drug-likeness (QED) is 0.886. The molecule has 1 rings (SSSR count). The minimum absolute atomic E-state index is 0.00787. The molecule has 0 aliphatic heterocycles. The van der Waals surface area contributed by atoms with Crippen molar-refractivity contribution in [3.8, 4) is 0 Å². The maximum Gasteiger partial charge on any atom is 0.268 e. The molecule has 1 amide bonds. The van der Waals surface area contributed by atoms with Crippen LogP contribution in [0, 0.1) is 0 Å². The Balaban J connectivity index is 2.81. The molecule has 0 radical (unpaired) electrons. The monoisotopic (exact) mass is 286 g/mol. The highest BCUT2D eigenvalue weighted by Crippen LogP contribution is 2.15. The van der Waals surface area contributed by atoms with Crippen LogP contribution >= 0.6 is 15.9 Å². The van der Waals surface area contributed by atoms with Crippen molar-refractivity contribution >= 4 is 21.8 Å². The van der Waals surface area contributed by atoms with Crippen molar-refractivity contribution in [2.75, 3.05) is 0 Å². The molecule has 1 N–H and O–H groups in total. The van der Waals surface area contributed by atoms with Gasteiger partial charge in [-0.3, -0.25) is 4.79 Å². The number of hydrogen-bond acceptors (Lipinski definition) is 1. The Morgan fingerprint density at radius 2 is 2.25 bits per heavy atom. The molecule has 0 aromatic carbocycles. The van der Waals surface area contributed by atoms with Gasteiger partial charge < -0.3 is 9.88 Å². The molecule has 3 nitrogen and oxygen atoms in total. The van der Waals surface area contributed by atoms with Gasteiger partial charge in [0.2, 0.25) is 0 Å². The molecule has 0 aliphatic carbocycles. The van der Waals surface area contributed by atoms with Crippen LogP contribution < -0.4 is 5.32 Å². The van der Waals surface area contributed by atoms with E-state index in [9.17, 15) is 4.79 Å². The number of nitrogens with zero attached hydrogens (tertiary/aromatic N) is 1. The lowest BCUT2D eigenvalue weighted by atomic mass is 10.2. The van der Waals surface area contributed by atoms with Crippen molar-refractivity contribution in [2.45, 2.75) is 46.2 Å². The molecule has 1 aromatic rings. The van der Waals surface area contributed by atoms with Gasteiger partial charge in [0.1, 0.15) is 5.69 Å².